The Morgan fingerprint density at radius 3 is 2.92 bits per heavy atom. The first-order valence-corrected chi connectivity index (χ1v) is 4.17. The molecular weight excluding hydrogens is 161 g/mol. The summed E-state index contributed by atoms with van der Waals surface area (Å²) >= 11 is 0. The number of rotatable bonds is 3. The molecule has 0 radical (unpaired) electrons. The second-order valence-corrected chi connectivity index (χ2v) is 3.44. The van der Waals surface area contributed by atoms with Crippen molar-refractivity contribution in [2.24, 2.45) is 0 Å². The van der Waals surface area contributed by atoms with Crippen LogP contribution < -0.4 is 5.32 Å². The lowest BCUT2D eigenvalue weighted by molar-refractivity contribution is -0.128. The smallest absolute Gasteiger partial charge is 0.257 e. The SMILES string of the molecule is C[C@]1(F)C[C@H](CCCO)NC1=O. The highest BCUT2D eigenvalue weighted by molar-refractivity contribution is 5.87. The lowest BCUT2D eigenvalue weighted by atomic mass is 10.0. The van der Waals surface area contributed by atoms with Crippen LogP contribution in [-0.4, -0.2) is 29.3 Å². The van der Waals surface area contributed by atoms with Crippen molar-refractivity contribution >= 4 is 5.91 Å². The number of alkyl halides is 1. The van der Waals surface area contributed by atoms with Crippen molar-refractivity contribution in [3.8, 4) is 0 Å². The van der Waals surface area contributed by atoms with Crippen molar-refractivity contribution in [2.75, 3.05) is 6.61 Å². The molecule has 1 rings (SSSR count). The molecule has 1 aliphatic heterocycles. The lowest BCUT2D eigenvalue weighted by Crippen LogP contribution is -2.31. The number of halogens is 1. The predicted octanol–water partition coefficient (Wildman–Crippen LogP) is 0.376. The van der Waals surface area contributed by atoms with Gasteiger partial charge in [-0.1, -0.05) is 0 Å². The molecule has 1 saturated heterocycles. The summed E-state index contributed by atoms with van der Waals surface area (Å²) in [6, 6.07) is -0.0975. The number of carbonyl (C=O) groups is 1. The Labute approximate surface area is 71.0 Å². The minimum absolute atomic E-state index is 0.0926. The summed E-state index contributed by atoms with van der Waals surface area (Å²) in [6.45, 7) is 1.39. The Balaban J connectivity index is 2.39. The van der Waals surface area contributed by atoms with Crippen molar-refractivity contribution in [1.82, 2.24) is 5.32 Å². The molecule has 1 heterocycles. The number of aliphatic hydroxyl groups is 1. The molecule has 1 fully saturated rings. The van der Waals surface area contributed by atoms with Gasteiger partial charge in [0.1, 0.15) is 0 Å². The summed E-state index contributed by atoms with van der Waals surface area (Å²) in [7, 11) is 0. The van der Waals surface area contributed by atoms with E-state index in [-0.39, 0.29) is 19.1 Å². The summed E-state index contributed by atoms with van der Waals surface area (Å²) in [5.74, 6) is -0.523. The van der Waals surface area contributed by atoms with Crippen molar-refractivity contribution in [3.05, 3.63) is 0 Å². The molecule has 12 heavy (non-hydrogen) atoms. The van der Waals surface area contributed by atoms with Gasteiger partial charge in [-0.15, -0.1) is 0 Å². The standard InChI is InChI=1S/C8H14FNO2/c1-8(9)5-6(3-2-4-11)10-7(8)12/h6,11H,2-5H2,1H3,(H,10,12)/t6-,8-/m0/s1. The molecule has 0 saturated carbocycles. The Hall–Kier alpha value is -0.640. The number of hydrogen-bond acceptors (Lipinski definition) is 2. The number of amides is 1. The fraction of sp³-hybridized carbons (Fsp3) is 0.875. The molecule has 0 unspecified atom stereocenters. The Bertz CT molecular complexity index is 182. The van der Waals surface area contributed by atoms with Gasteiger partial charge in [0.25, 0.3) is 5.91 Å². The molecule has 4 heteroatoms. The fourth-order valence-corrected chi connectivity index (χ4v) is 1.45. The van der Waals surface area contributed by atoms with Gasteiger partial charge in [-0.25, -0.2) is 4.39 Å². The van der Waals surface area contributed by atoms with Crippen LogP contribution in [0.2, 0.25) is 0 Å². The minimum atomic E-state index is -1.71. The van der Waals surface area contributed by atoms with Crippen molar-refractivity contribution in [2.45, 2.75) is 37.9 Å². The topological polar surface area (TPSA) is 49.3 Å². The molecule has 0 aromatic carbocycles. The molecule has 70 valence electrons. The lowest BCUT2D eigenvalue weighted by Gasteiger charge is -2.08. The van der Waals surface area contributed by atoms with E-state index in [2.05, 4.69) is 5.32 Å². The first-order chi connectivity index (χ1) is 5.56. The summed E-state index contributed by atoms with van der Waals surface area (Å²) in [5.41, 5.74) is -1.71. The number of carbonyl (C=O) groups excluding carboxylic acids is 1. The molecule has 0 aromatic heterocycles. The van der Waals surface area contributed by atoms with E-state index in [0.717, 1.165) is 0 Å². The Morgan fingerprint density at radius 2 is 2.50 bits per heavy atom. The van der Waals surface area contributed by atoms with Gasteiger partial charge in [0.2, 0.25) is 0 Å². The first-order valence-electron chi connectivity index (χ1n) is 4.17. The minimum Gasteiger partial charge on any atom is -0.396 e. The van der Waals surface area contributed by atoms with Gasteiger partial charge in [-0.3, -0.25) is 4.79 Å². The van der Waals surface area contributed by atoms with Crippen LogP contribution in [-0.2, 0) is 4.79 Å². The van der Waals surface area contributed by atoms with Crippen LogP contribution in [0.1, 0.15) is 26.2 Å². The average Bonchev–Trinajstić information content (AvgIpc) is 2.22. The van der Waals surface area contributed by atoms with Crippen LogP contribution >= 0.6 is 0 Å². The number of aliphatic hydroxyl groups excluding tert-OH is 1. The summed E-state index contributed by atoms with van der Waals surface area (Å²) in [4.78, 5) is 10.9. The normalized spacial score (nSPS) is 35.2. The van der Waals surface area contributed by atoms with Crippen LogP contribution in [0.3, 0.4) is 0 Å². The van der Waals surface area contributed by atoms with Gasteiger partial charge in [-0.2, -0.15) is 0 Å². The van der Waals surface area contributed by atoms with Crippen molar-refractivity contribution < 1.29 is 14.3 Å². The van der Waals surface area contributed by atoms with Gasteiger partial charge >= 0.3 is 0 Å². The highest BCUT2D eigenvalue weighted by Gasteiger charge is 2.42. The summed E-state index contributed by atoms with van der Waals surface area (Å²) in [5, 5.41) is 11.1. The van der Waals surface area contributed by atoms with E-state index < -0.39 is 11.6 Å². The second-order valence-electron chi connectivity index (χ2n) is 3.44. The Morgan fingerprint density at radius 1 is 1.83 bits per heavy atom. The molecular formula is C8H14FNO2. The predicted molar refractivity (Wildman–Crippen MR) is 42.4 cm³/mol. The van der Waals surface area contributed by atoms with E-state index in [1.165, 1.54) is 6.92 Å². The van der Waals surface area contributed by atoms with E-state index in [1.807, 2.05) is 0 Å². The zero-order valence-electron chi connectivity index (χ0n) is 7.14. The molecule has 0 spiro atoms. The molecule has 0 aliphatic carbocycles. The fourth-order valence-electron chi connectivity index (χ4n) is 1.45. The second kappa shape index (κ2) is 3.39. The highest BCUT2D eigenvalue weighted by atomic mass is 19.1. The van der Waals surface area contributed by atoms with Crippen LogP contribution in [0.15, 0.2) is 0 Å². The van der Waals surface area contributed by atoms with E-state index in [0.29, 0.717) is 12.8 Å². The summed E-state index contributed by atoms with van der Waals surface area (Å²) < 4.78 is 13.2. The highest BCUT2D eigenvalue weighted by Crippen LogP contribution is 2.26. The Kier molecular flexibility index (Phi) is 2.67. The van der Waals surface area contributed by atoms with Gasteiger partial charge in [-0.05, 0) is 19.8 Å². The van der Waals surface area contributed by atoms with E-state index in [4.69, 9.17) is 5.11 Å². The van der Waals surface area contributed by atoms with Gasteiger partial charge < -0.3 is 10.4 Å². The molecule has 0 aromatic rings. The van der Waals surface area contributed by atoms with Gasteiger partial charge in [0.15, 0.2) is 5.67 Å². The third kappa shape index (κ3) is 1.94. The van der Waals surface area contributed by atoms with Gasteiger partial charge in [0.05, 0.1) is 0 Å². The molecule has 0 bridgehead atoms. The van der Waals surface area contributed by atoms with Crippen LogP contribution in [0.4, 0.5) is 4.39 Å². The zero-order valence-corrected chi connectivity index (χ0v) is 7.14. The summed E-state index contributed by atoms with van der Waals surface area (Å²) in [6.07, 6.45) is 1.49. The van der Waals surface area contributed by atoms with Gasteiger partial charge in [0, 0.05) is 19.1 Å². The number of nitrogens with one attached hydrogen (secondary N) is 1. The van der Waals surface area contributed by atoms with Crippen LogP contribution in [0.25, 0.3) is 0 Å². The number of hydrogen-bond donors (Lipinski definition) is 2. The first kappa shape index (κ1) is 9.45. The van der Waals surface area contributed by atoms with E-state index in [9.17, 15) is 9.18 Å². The van der Waals surface area contributed by atoms with Crippen molar-refractivity contribution in [3.63, 3.8) is 0 Å². The molecule has 1 amide bonds. The molecule has 2 N–H and O–H groups in total. The van der Waals surface area contributed by atoms with Crippen molar-refractivity contribution in [1.29, 1.82) is 0 Å². The van der Waals surface area contributed by atoms with E-state index >= 15 is 0 Å². The quantitative estimate of drug-likeness (QED) is 0.651. The largest absolute Gasteiger partial charge is 0.396 e. The zero-order chi connectivity index (χ0) is 9.19. The maximum atomic E-state index is 13.2. The molecule has 2 atom stereocenters. The average molecular weight is 175 g/mol. The van der Waals surface area contributed by atoms with Crippen LogP contribution in [0, 0.1) is 0 Å². The molecule has 3 nitrogen and oxygen atoms in total. The maximum Gasteiger partial charge on any atom is 0.257 e. The third-order valence-electron chi connectivity index (χ3n) is 2.15. The van der Waals surface area contributed by atoms with E-state index in [1.54, 1.807) is 0 Å². The van der Waals surface area contributed by atoms with Crippen LogP contribution in [0.5, 0.6) is 0 Å². The maximum absolute atomic E-state index is 13.2. The molecule has 1 aliphatic rings. The monoisotopic (exact) mass is 175 g/mol. The third-order valence-corrected chi connectivity index (χ3v) is 2.15.